The summed E-state index contributed by atoms with van der Waals surface area (Å²) < 4.78 is 0. The fourth-order valence-corrected chi connectivity index (χ4v) is 3.30. The lowest BCUT2D eigenvalue weighted by Crippen LogP contribution is -2.37. The Morgan fingerprint density at radius 1 is 1.59 bits per heavy atom. The first-order valence-corrected chi connectivity index (χ1v) is 7.02. The molecule has 2 unspecified atom stereocenters. The zero-order valence-corrected chi connectivity index (χ0v) is 11.6. The number of rotatable bonds is 4. The zero-order chi connectivity index (χ0) is 12.4. The second-order valence-corrected chi connectivity index (χ2v) is 5.77. The van der Waals surface area contributed by atoms with E-state index in [0.29, 0.717) is 6.04 Å². The highest BCUT2D eigenvalue weighted by atomic mass is 32.1. The van der Waals surface area contributed by atoms with Gasteiger partial charge in [0.15, 0.2) is 5.13 Å². The molecule has 1 N–H and O–H groups in total. The van der Waals surface area contributed by atoms with E-state index in [9.17, 15) is 5.11 Å². The van der Waals surface area contributed by atoms with Gasteiger partial charge in [-0.05, 0) is 26.9 Å². The average molecular weight is 255 g/mol. The number of aliphatic hydroxyl groups is 1. The number of aromatic nitrogens is 1. The maximum Gasteiger partial charge on any atom is 0.185 e. The second kappa shape index (κ2) is 5.33. The van der Waals surface area contributed by atoms with E-state index in [4.69, 9.17) is 0 Å². The smallest absolute Gasteiger partial charge is 0.185 e. The Bertz CT molecular complexity index is 366. The summed E-state index contributed by atoms with van der Waals surface area (Å²) in [6.45, 7) is 3.81. The Morgan fingerprint density at radius 2 is 2.35 bits per heavy atom. The summed E-state index contributed by atoms with van der Waals surface area (Å²) in [4.78, 5) is 9.05. The highest BCUT2D eigenvalue weighted by Gasteiger charge is 2.32. The van der Waals surface area contributed by atoms with Gasteiger partial charge in [-0.1, -0.05) is 6.92 Å². The van der Waals surface area contributed by atoms with Crippen molar-refractivity contribution in [1.82, 2.24) is 9.88 Å². The van der Waals surface area contributed by atoms with E-state index in [1.807, 2.05) is 0 Å². The number of β-amino-alcohol motifs (C(OH)–C–C–N with tert-alkyl or cyclic N) is 1. The van der Waals surface area contributed by atoms with Crippen LogP contribution in [0, 0.1) is 0 Å². The topological polar surface area (TPSA) is 39.6 Å². The first-order valence-electron chi connectivity index (χ1n) is 6.14. The van der Waals surface area contributed by atoms with Gasteiger partial charge in [0.1, 0.15) is 0 Å². The molecule has 96 valence electrons. The van der Waals surface area contributed by atoms with Crippen molar-refractivity contribution in [2.24, 2.45) is 0 Å². The molecule has 0 bridgehead atoms. The molecule has 1 aromatic rings. The summed E-state index contributed by atoms with van der Waals surface area (Å²) in [5.74, 6) is 0. The summed E-state index contributed by atoms with van der Waals surface area (Å²) in [7, 11) is 4.14. The van der Waals surface area contributed by atoms with Crippen molar-refractivity contribution in [2.75, 3.05) is 32.1 Å². The third-order valence-corrected chi connectivity index (χ3v) is 4.04. The number of thiazole rings is 1. The van der Waals surface area contributed by atoms with Gasteiger partial charge in [-0.3, -0.25) is 0 Å². The minimum absolute atomic E-state index is 0.214. The number of aryl methyl sites for hydroxylation is 1. The van der Waals surface area contributed by atoms with Gasteiger partial charge in [0.05, 0.1) is 11.8 Å². The van der Waals surface area contributed by atoms with Crippen molar-refractivity contribution in [2.45, 2.75) is 31.9 Å². The molecule has 1 aliphatic heterocycles. The quantitative estimate of drug-likeness (QED) is 0.878. The maximum absolute atomic E-state index is 9.82. The van der Waals surface area contributed by atoms with Crippen molar-refractivity contribution < 1.29 is 5.11 Å². The number of aliphatic hydroxyl groups excluding tert-OH is 1. The van der Waals surface area contributed by atoms with E-state index in [1.54, 1.807) is 11.3 Å². The summed E-state index contributed by atoms with van der Waals surface area (Å²) in [6.07, 6.45) is 1.61. The Balaban J connectivity index is 2.11. The third-order valence-electron chi connectivity index (χ3n) is 3.12. The Kier molecular flexibility index (Phi) is 4.01. The predicted octanol–water partition coefficient (Wildman–Crippen LogP) is 1.21. The van der Waals surface area contributed by atoms with Gasteiger partial charge in [0, 0.05) is 24.5 Å². The van der Waals surface area contributed by atoms with Crippen LogP contribution >= 0.6 is 11.3 Å². The monoisotopic (exact) mass is 255 g/mol. The first kappa shape index (κ1) is 12.8. The molecule has 4 nitrogen and oxygen atoms in total. The molecular formula is C12H21N3OS. The van der Waals surface area contributed by atoms with Crippen LogP contribution in [-0.4, -0.2) is 54.3 Å². The lowest BCUT2D eigenvalue weighted by Gasteiger charge is -2.26. The van der Waals surface area contributed by atoms with Gasteiger partial charge < -0.3 is 14.9 Å². The maximum atomic E-state index is 9.82. The molecule has 2 heterocycles. The van der Waals surface area contributed by atoms with Crippen LogP contribution in [0.4, 0.5) is 5.13 Å². The molecule has 5 heteroatoms. The van der Waals surface area contributed by atoms with Crippen molar-refractivity contribution >= 4 is 16.5 Å². The van der Waals surface area contributed by atoms with Crippen molar-refractivity contribution in [3.8, 4) is 0 Å². The summed E-state index contributed by atoms with van der Waals surface area (Å²) in [5, 5.41) is 13.0. The number of hydrogen-bond donors (Lipinski definition) is 1. The van der Waals surface area contributed by atoms with E-state index >= 15 is 0 Å². The van der Waals surface area contributed by atoms with Gasteiger partial charge >= 0.3 is 0 Å². The molecule has 17 heavy (non-hydrogen) atoms. The Morgan fingerprint density at radius 3 is 2.94 bits per heavy atom. The van der Waals surface area contributed by atoms with Crippen molar-refractivity contribution in [3.05, 3.63) is 11.1 Å². The molecular weight excluding hydrogens is 234 g/mol. The van der Waals surface area contributed by atoms with E-state index in [-0.39, 0.29) is 6.10 Å². The molecule has 1 fully saturated rings. The average Bonchev–Trinajstić information content (AvgIpc) is 2.83. The number of anilines is 1. The predicted molar refractivity (Wildman–Crippen MR) is 71.8 cm³/mol. The highest BCUT2D eigenvalue weighted by molar-refractivity contribution is 7.13. The van der Waals surface area contributed by atoms with Crippen LogP contribution < -0.4 is 4.90 Å². The molecule has 0 aliphatic carbocycles. The third kappa shape index (κ3) is 2.97. The summed E-state index contributed by atoms with van der Waals surface area (Å²) in [5.41, 5.74) is 1.15. The van der Waals surface area contributed by atoms with Crippen LogP contribution in [0.5, 0.6) is 0 Å². The number of likely N-dealkylation sites (N-methyl/N-ethyl adjacent to an activating group) is 1. The van der Waals surface area contributed by atoms with Crippen LogP contribution in [-0.2, 0) is 6.42 Å². The van der Waals surface area contributed by atoms with E-state index < -0.39 is 0 Å². The molecule has 2 atom stereocenters. The van der Waals surface area contributed by atoms with Crippen molar-refractivity contribution in [3.63, 3.8) is 0 Å². The van der Waals surface area contributed by atoms with Gasteiger partial charge in [-0.15, -0.1) is 11.3 Å². The molecule has 0 amide bonds. The SMILES string of the molecule is CCc1csc(N2CC(O)CC2CN(C)C)n1. The molecule has 0 radical (unpaired) electrons. The highest BCUT2D eigenvalue weighted by Crippen LogP contribution is 2.29. The van der Waals surface area contributed by atoms with Gasteiger partial charge in [0.25, 0.3) is 0 Å². The van der Waals surface area contributed by atoms with E-state index in [1.165, 1.54) is 0 Å². The van der Waals surface area contributed by atoms with Crippen LogP contribution in [0.15, 0.2) is 5.38 Å². The summed E-state index contributed by atoms with van der Waals surface area (Å²) >= 11 is 1.69. The minimum atomic E-state index is -0.214. The van der Waals surface area contributed by atoms with Crippen molar-refractivity contribution in [1.29, 1.82) is 0 Å². The van der Waals surface area contributed by atoms with E-state index in [2.05, 4.69) is 41.2 Å². The minimum Gasteiger partial charge on any atom is -0.391 e. The van der Waals surface area contributed by atoms with Crippen LogP contribution in [0.1, 0.15) is 19.0 Å². The van der Waals surface area contributed by atoms with E-state index in [0.717, 1.165) is 36.8 Å². The first-order chi connectivity index (χ1) is 8.10. The lowest BCUT2D eigenvalue weighted by atomic mass is 10.2. The molecule has 2 rings (SSSR count). The molecule has 0 aromatic carbocycles. The zero-order valence-electron chi connectivity index (χ0n) is 10.8. The fourth-order valence-electron chi connectivity index (χ4n) is 2.31. The second-order valence-electron chi connectivity index (χ2n) is 4.93. The largest absolute Gasteiger partial charge is 0.391 e. The molecule has 1 saturated heterocycles. The molecule has 0 saturated carbocycles. The van der Waals surface area contributed by atoms with Crippen LogP contribution in [0.3, 0.4) is 0 Å². The standard InChI is InChI=1S/C12H21N3OS/c1-4-9-8-17-12(13-9)15-7-11(16)5-10(15)6-14(2)3/h8,10-11,16H,4-7H2,1-3H3. The fraction of sp³-hybridized carbons (Fsp3) is 0.750. The van der Waals surface area contributed by atoms with Crippen LogP contribution in [0.25, 0.3) is 0 Å². The molecule has 0 spiro atoms. The Labute approximate surface area is 107 Å². The molecule has 1 aliphatic rings. The normalized spacial score (nSPS) is 24.9. The number of nitrogens with zero attached hydrogens (tertiary/aromatic N) is 3. The van der Waals surface area contributed by atoms with Gasteiger partial charge in [-0.25, -0.2) is 4.98 Å². The Hall–Kier alpha value is -0.650. The van der Waals surface area contributed by atoms with Gasteiger partial charge in [-0.2, -0.15) is 0 Å². The van der Waals surface area contributed by atoms with Gasteiger partial charge in [0.2, 0.25) is 0 Å². The number of hydrogen-bond acceptors (Lipinski definition) is 5. The molecule has 1 aromatic heterocycles. The van der Waals surface area contributed by atoms with Crippen LogP contribution in [0.2, 0.25) is 0 Å². The lowest BCUT2D eigenvalue weighted by molar-refractivity contribution is 0.191. The summed E-state index contributed by atoms with van der Waals surface area (Å²) in [6, 6.07) is 0.385.